The van der Waals surface area contributed by atoms with E-state index in [1.807, 2.05) is 6.07 Å². The number of halogens is 4. The highest BCUT2D eigenvalue weighted by Gasteiger charge is 2.33. The molecule has 0 saturated carbocycles. The number of nitrogens with one attached hydrogen (secondary N) is 2. The Labute approximate surface area is 139 Å². The van der Waals surface area contributed by atoms with Crippen LogP contribution in [0, 0.1) is 0 Å². The second-order valence-electron chi connectivity index (χ2n) is 4.39. The van der Waals surface area contributed by atoms with Gasteiger partial charge in [0.1, 0.15) is 10.2 Å². The minimum atomic E-state index is -4.42. The molecule has 2 aromatic heterocycles. The Kier molecular flexibility index (Phi) is 5.78. The van der Waals surface area contributed by atoms with Crippen LogP contribution in [0.3, 0.4) is 0 Å². The van der Waals surface area contributed by atoms with Gasteiger partial charge in [-0.15, -0.1) is 11.3 Å². The van der Waals surface area contributed by atoms with Crippen LogP contribution < -0.4 is 10.6 Å². The fraction of sp³-hybridized carbons (Fsp3) is 0.308. The van der Waals surface area contributed by atoms with Gasteiger partial charge in [-0.2, -0.15) is 13.2 Å². The van der Waals surface area contributed by atoms with E-state index in [1.165, 1.54) is 0 Å². The maximum absolute atomic E-state index is 12.5. The summed E-state index contributed by atoms with van der Waals surface area (Å²) < 4.78 is 37.4. The van der Waals surface area contributed by atoms with Crippen LogP contribution in [0.1, 0.15) is 16.3 Å². The van der Waals surface area contributed by atoms with Crippen LogP contribution in [0.25, 0.3) is 0 Å². The zero-order valence-corrected chi connectivity index (χ0v) is 13.6. The SMILES string of the molecule is CN=C(NCc1ccc(Cl)nc1)NCc1nc(C(F)(F)F)cs1. The minimum absolute atomic E-state index is 0.152. The van der Waals surface area contributed by atoms with E-state index in [1.54, 1.807) is 19.3 Å². The largest absolute Gasteiger partial charge is 0.434 e. The predicted octanol–water partition coefficient (Wildman–Crippen LogP) is 3.08. The van der Waals surface area contributed by atoms with Crippen molar-refractivity contribution in [3.8, 4) is 0 Å². The normalized spacial score (nSPS) is 12.3. The average Bonchev–Trinajstić information content (AvgIpc) is 2.98. The Morgan fingerprint density at radius 1 is 1.30 bits per heavy atom. The molecule has 0 aliphatic carbocycles. The highest BCUT2D eigenvalue weighted by molar-refractivity contribution is 7.09. The molecule has 0 aliphatic heterocycles. The van der Waals surface area contributed by atoms with Crippen molar-refractivity contribution in [1.82, 2.24) is 20.6 Å². The summed E-state index contributed by atoms with van der Waals surface area (Å²) in [4.78, 5) is 11.5. The van der Waals surface area contributed by atoms with Gasteiger partial charge in [0, 0.05) is 25.2 Å². The second kappa shape index (κ2) is 7.60. The molecule has 124 valence electrons. The van der Waals surface area contributed by atoms with Gasteiger partial charge in [-0.3, -0.25) is 4.99 Å². The molecule has 2 rings (SSSR count). The topological polar surface area (TPSA) is 62.2 Å². The van der Waals surface area contributed by atoms with Crippen LogP contribution in [0.4, 0.5) is 13.2 Å². The zero-order valence-electron chi connectivity index (χ0n) is 12.0. The first-order valence-electron chi connectivity index (χ1n) is 6.45. The lowest BCUT2D eigenvalue weighted by atomic mass is 10.3. The van der Waals surface area contributed by atoms with E-state index in [9.17, 15) is 13.2 Å². The summed E-state index contributed by atoms with van der Waals surface area (Å²) in [5.41, 5.74) is 0.0143. The molecule has 0 radical (unpaired) electrons. The van der Waals surface area contributed by atoms with Crippen molar-refractivity contribution in [3.63, 3.8) is 0 Å². The molecule has 23 heavy (non-hydrogen) atoms. The molecule has 10 heteroatoms. The summed E-state index contributed by atoms with van der Waals surface area (Å²) in [6.45, 7) is 0.606. The molecule has 0 unspecified atom stereocenters. The minimum Gasteiger partial charge on any atom is -0.352 e. The molecule has 0 amide bonds. The number of guanidine groups is 1. The molecular weight excluding hydrogens is 351 g/mol. The third kappa shape index (κ3) is 5.36. The van der Waals surface area contributed by atoms with E-state index in [4.69, 9.17) is 11.6 Å². The van der Waals surface area contributed by atoms with Crippen LogP contribution in [0.2, 0.25) is 5.15 Å². The Balaban J connectivity index is 1.85. The van der Waals surface area contributed by atoms with Gasteiger partial charge in [-0.25, -0.2) is 9.97 Å². The van der Waals surface area contributed by atoms with Gasteiger partial charge in [0.2, 0.25) is 0 Å². The Morgan fingerprint density at radius 2 is 2.04 bits per heavy atom. The van der Waals surface area contributed by atoms with E-state index in [0.717, 1.165) is 22.3 Å². The van der Waals surface area contributed by atoms with Gasteiger partial charge in [0.05, 0.1) is 6.54 Å². The summed E-state index contributed by atoms with van der Waals surface area (Å²) in [7, 11) is 1.57. The monoisotopic (exact) mass is 363 g/mol. The fourth-order valence-electron chi connectivity index (χ4n) is 1.60. The van der Waals surface area contributed by atoms with Crippen LogP contribution in [0.15, 0.2) is 28.7 Å². The summed E-state index contributed by atoms with van der Waals surface area (Å²) in [6, 6.07) is 3.48. The van der Waals surface area contributed by atoms with Crippen molar-refractivity contribution >= 4 is 28.9 Å². The zero-order chi connectivity index (χ0) is 16.9. The van der Waals surface area contributed by atoms with Crippen molar-refractivity contribution in [2.24, 2.45) is 4.99 Å². The number of rotatable bonds is 4. The van der Waals surface area contributed by atoms with Crippen LogP contribution in [-0.4, -0.2) is 23.0 Å². The molecule has 0 spiro atoms. The molecular formula is C13H13ClF3N5S. The van der Waals surface area contributed by atoms with Gasteiger partial charge in [0.15, 0.2) is 11.7 Å². The number of hydrogen-bond donors (Lipinski definition) is 2. The third-order valence-corrected chi connectivity index (χ3v) is 3.79. The Morgan fingerprint density at radius 3 is 2.61 bits per heavy atom. The van der Waals surface area contributed by atoms with E-state index in [-0.39, 0.29) is 6.54 Å². The number of alkyl halides is 3. The molecule has 0 aliphatic rings. The van der Waals surface area contributed by atoms with Crippen molar-refractivity contribution in [3.05, 3.63) is 45.1 Å². The van der Waals surface area contributed by atoms with Crippen molar-refractivity contribution in [2.45, 2.75) is 19.3 Å². The average molecular weight is 364 g/mol. The molecule has 0 aromatic carbocycles. The first-order valence-corrected chi connectivity index (χ1v) is 7.71. The van der Waals surface area contributed by atoms with Gasteiger partial charge in [0.25, 0.3) is 0 Å². The number of thiazole rings is 1. The van der Waals surface area contributed by atoms with Crippen LogP contribution in [-0.2, 0) is 19.3 Å². The lowest BCUT2D eigenvalue weighted by molar-refractivity contribution is -0.140. The summed E-state index contributed by atoms with van der Waals surface area (Å²) in [5.74, 6) is 0.448. The van der Waals surface area contributed by atoms with Crippen LogP contribution >= 0.6 is 22.9 Å². The molecule has 0 bridgehead atoms. The standard InChI is InChI=1S/C13H13ClF3N5S/c1-18-12(20-5-8-2-3-10(14)19-4-8)21-6-11-22-9(7-23-11)13(15,16)17/h2-4,7H,5-6H2,1H3,(H2,18,20,21). The Hall–Kier alpha value is -1.87. The second-order valence-corrected chi connectivity index (χ2v) is 5.72. The molecule has 0 saturated heterocycles. The van der Waals surface area contributed by atoms with E-state index >= 15 is 0 Å². The first-order chi connectivity index (χ1) is 10.9. The molecule has 0 atom stereocenters. The molecule has 2 heterocycles. The maximum Gasteiger partial charge on any atom is 0.434 e. The molecule has 0 fully saturated rings. The summed E-state index contributed by atoms with van der Waals surface area (Å²) in [6.07, 6.45) is -2.80. The maximum atomic E-state index is 12.5. The highest BCUT2D eigenvalue weighted by atomic mass is 35.5. The van der Waals surface area contributed by atoms with Gasteiger partial charge in [-0.05, 0) is 11.6 Å². The number of pyridine rings is 1. The van der Waals surface area contributed by atoms with Gasteiger partial charge in [-0.1, -0.05) is 17.7 Å². The Bertz CT molecular complexity index is 669. The summed E-state index contributed by atoms with van der Waals surface area (Å²) >= 11 is 6.64. The number of aromatic nitrogens is 2. The van der Waals surface area contributed by atoms with E-state index in [2.05, 4.69) is 25.6 Å². The number of aliphatic imine (C=N–C) groups is 1. The predicted molar refractivity (Wildman–Crippen MR) is 83.4 cm³/mol. The van der Waals surface area contributed by atoms with Gasteiger partial charge >= 0.3 is 6.18 Å². The van der Waals surface area contributed by atoms with Crippen LogP contribution in [0.5, 0.6) is 0 Å². The lowest BCUT2D eigenvalue weighted by Gasteiger charge is -2.10. The van der Waals surface area contributed by atoms with Gasteiger partial charge < -0.3 is 10.6 Å². The summed E-state index contributed by atoms with van der Waals surface area (Å²) in [5, 5.41) is 7.65. The number of hydrogen-bond acceptors (Lipinski definition) is 4. The first kappa shape index (κ1) is 17.5. The quantitative estimate of drug-likeness (QED) is 0.498. The highest BCUT2D eigenvalue weighted by Crippen LogP contribution is 2.29. The molecule has 2 N–H and O–H groups in total. The van der Waals surface area contributed by atoms with Crippen molar-refractivity contribution < 1.29 is 13.2 Å². The number of nitrogens with zero attached hydrogens (tertiary/aromatic N) is 3. The lowest BCUT2D eigenvalue weighted by Crippen LogP contribution is -2.36. The van der Waals surface area contributed by atoms with E-state index < -0.39 is 11.9 Å². The molecule has 2 aromatic rings. The smallest absolute Gasteiger partial charge is 0.352 e. The van der Waals surface area contributed by atoms with Crippen molar-refractivity contribution in [1.29, 1.82) is 0 Å². The van der Waals surface area contributed by atoms with E-state index in [0.29, 0.717) is 22.7 Å². The molecule has 5 nitrogen and oxygen atoms in total. The fourth-order valence-corrected chi connectivity index (χ4v) is 2.45. The van der Waals surface area contributed by atoms with Crippen molar-refractivity contribution in [2.75, 3.05) is 7.05 Å². The third-order valence-electron chi connectivity index (χ3n) is 2.72.